The van der Waals surface area contributed by atoms with E-state index in [-0.39, 0.29) is 0 Å². The van der Waals surface area contributed by atoms with Gasteiger partial charge in [-0.3, -0.25) is 4.90 Å². The second kappa shape index (κ2) is 10.9. The highest BCUT2D eigenvalue weighted by Gasteiger charge is 2.25. The topological polar surface area (TPSA) is 86.5 Å². The third kappa shape index (κ3) is 5.75. The molecule has 5 rings (SSSR count). The maximum atomic E-state index is 9.26. The van der Waals surface area contributed by atoms with Crippen molar-refractivity contribution in [2.45, 2.75) is 52.0 Å². The van der Waals surface area contributed by atoms with Crippen LogP contribution in [0.1, 0.15) is 47.2 Å². The molecule has 1 aliphatic carbocycles. The molecule has 1 N–H and O–H groups in total. The van der Waals surface area contributed by atoms with E-state index in [9.17, 15) is 5.26 Å². The molecule has 186 valence electrons. The van der Waals surface area contributed by atoms with Gasteiger partial charge in [-0.05, 0) is 69.2 Å². The van der Waals surface area contributed by atoms with Crippen LogP contribution >= 0.6 is 0 Å². The maximum absolute atomic E-state index is 9.26. The minimum atomic E-state index is 0.375. The minimum absolute atomic E-state index is 0.375. The first kappa shape index (κ1) is 24.0. The van der Waals surface area contributed by atoms with Gasteiger partial charge in [0, 0.05) is 50.9 Å². The van der Waals surface area contributed by atoms with Crippen LogP contribution in [0.4, 0.5) is 5.95 Å². The first-order valence-corrected chi connectivity index (χ1v) is 13.0. The molecule has 3 heterocycles. The molecule has 0 spiro atoms. The van der Waals surface area contributed by atoms with Crippen LogP contribution in [0, 0.1) is 25.2 Å². The summed E-state index contributed by atoms with van der Waals surface area (Å²) in [7, 11) is 0. The van der Waals surface area contributed by atoms with E-state index in [0.717, 1.165) is 113 Å². The third-order valence-electron chi connectivity index (χ3n) is 7.44. The first-order chi connectivity index (χ1) is 17.1. The Morgan fingerprint density at radius 3 is 2.40 bits per heavy atom. The van der Waals surface area contributed by atoms with Gasteiger partial charge >= 0.3 is 0 Å². The van der Waals surface area contributed by atoms with Gasteiger partial charge in [0.15, 0.2) is 0 Å². The third-order valence-corrected chi connectivity index (χ3v) is 7.44. The van der Waals surface area contributed by atoms with Gasteiger partial charge in [0.25, 0.3) is 0 Å². The number of aromatic nitrogens is 2. The number of ether oxygens (including phenoxy) is 2. The van der Waals surface area contributed by atoms with Gasteiger partial charge in [0.05, 0.1) is 30.5 Å². The van der Waals surface area contributed by atoms with E-state index in [1.807, 2.05) is 26.0 Å². The number of fused-ring (bicyclic) bond motifs is 1. The molecule has 0 radical (unpaired) electrons. The van der Waals surface area contributed by atoms with Gasteiger partial charge < -0.3 is 19.7 Å². The number of nitrogens with zero attached hydrogens (tertiary/aromatic N) is 5. The van der Waals surface area contributed by atoms with Gasteiger partial charge in [-0.1, -0.05) is 0 Å². The van der Waals surface area contributed by atoms with Gasteiger partial charge in [0.2, 0.25) is 11.8 Å². The Labute approximate surface area is 208 Å². The SMILES string of the molecule is Cc1cc(C#N)cc(C)c1Oc1nc(NC2CCN(CCN3CCOCC3)CC2)nc2c1CCC2. The first-order valence-electron chi connectivity index (χ1n) is 13.0. The zero-order chi connectivity index (χ0) is 24.2. The standard InChI is InChI=1S/C27H36N6O2/c1-19-16-21(18-28)17-20(2)25(19)35-26-23-4-3-5-24(23)30-27(31-26)29-22-6-8-32(9-7-22)10-11-33-12-14-34-15-13-33/h16-17,22H,3-15H2,1-2H3,(H,29,30,31). The number of rotatable bonds is 7. The molecule has 2 fully saturated rings. The number of morpholine rings is 1. The van der Waals surface area contributed by atoms with E-state index in [1.165, 1.54) is 0 Å². The van der Waals surface area contributed by atoms with Crippen LogP contribution in [0.3, 0.4) is 0 Å². The maximum Gasteiger partial charge on any atom is 0.227 e. The number of nitriles is 1. The van der Waals surface area contributed by atoms with Gasteiger partial charge in [-0.2, -0.15) is 10.2 Å². The number of hydrogen-bond acceptors (Lipinski definition) is 8. The van der Waals surface area contributed by atoms with Crippen molar-refractivity contribution in [1.82, 2.24) is 19.8 Å². The Bertz CT molecular complexity index is 1060. The van der Waals surface area contributed by atoms with E-state index in [1.54, 1.807) is 0 Å². The molecule has 1 aromatic carbocycles. The van der Waals surface area contributed by atoms with Crippen molar-refractivity contribution < 1.29 is 9.47 Å². The van der Waals surface area contributed by atoms with Crippen LogP contribution in [0.5, 0.6) is 11.6 Å². The zero-order valence-corrected chi connectivity index (χ0v) is 21.0. The second-order valence-electron chi connectivity index (χ2n) is 10.00. The van der Waals surface area contributed by atoms with Crippen LogP contribution in [0.25, 0.3) is 0 Å². The fraction of sp³-hybridized carbons (Fsp3) is 0.593. The van der Waals surface area contributed by atoms with Gasteiger partial charge in [-0.25, -0.2) is 4.98 Å². The number of anilines is 1. The lowest BCUT2D eigenvalue weighted by atomic mass is 10.1. The van der Waals surface area contributed by atoms with Crippen molar-refractivity contribution in [2.75, 3.05) is 57.8 Å². The molecule has 2 aliphatic heterocycles. The highest BCUT2D eigenvalue weighted by atomic mass is 16.5. The molecule has 0 bridgehead atoms. The van der Waals surface area contributed by atoms with E-state index in [4.69, 9.17) is 19.4 Å². The van der Waals surface area contributed by atoms with Crippen molar-refractivity contribution in [2.24, 2.45) is 0 Å². The molecule has 0 unspecified atom stereocenters. The number of hydrogen-bond donors (Lipinski definition) is 1. The summed E-state index contributed by atoms with van der Waals surface area (Å²) in [5, 5.41) is 12.9. The summed E-state index contributed by atoms with van der Waals surface area (Å²) in [5.74, 6) is 2.13. The Morgan fingerprint density at radius 2 is 1.71 bits per heavy atom. The molecule has 2 aromatic rings. The summed E-state index contributed by atoms with van der Waals surface area (Å²) in [6, 6.07) is 6.34. The number of nitrogens with one attached hydrogen (secondary N) is 1. The van der Waals surface area contributed by atoms with E-state index >= 15 is 0 Å². The molecule has 8 heteroatoms. The van der Waals surface area contributed by atoms with Crippen LogP contribution in [-0.4, -0.2) is 78.3 Å². The predicted octanol–water partition coefficient (Wildman–Crippen LogP) is 3.45. The minimum Gasteiger partial charge on any atom is -0.438 e. The molecule has 35 heavy (non-hydrogen) atoms. The molecule has 0 atom stereocenters. The van der Waals surface area contributed by atoms with Crippen molar-refractivity contribution in [3.63, 3.8) is 0 Å². The van der Waals surface area contributed by atoms with Crippen molar-refractivity contribution in [3.05, 3.63) is 40.1 Å². The van der Waals surface area contributed by atoms with Crippen LogP contribution < -0.4 is 10.1 Å². The number of piperidine rings is 1. The molecule has 1 aromatic heterocycles. The molecule has 8 nitrogen and oxygen atoms in total. The summed E-state index contributed by atoms with van der Waals surface area (Å²) < 4.78 is 11.9. The number of likely N-dealkylation sites (tertiary alicyclic amines) is 1. The lowest BCUT2D eigenvalue weighted by Gasteiger charge is -2.34. The molecule has 3 aliphatic rings. The van der Waals surface area contributed by atoms with Crippen LogP contribution in [0.2, 0.25) is 0 Å². The molecule has 0 saturated carbocycles. The number of benzene rings is 1. The smallest absolute Gasteiger partial charge is 0.227 e. The van der Waals surface area contributed by atoms with Crippen molar-refractivity contribution in [3.8, 4) is 17.7 Å². The number of aryl methyl sites for hydroxylation is 3. The van der Waals surface area contributed by atoms with Gasteiger partial charge in [-0.15, -0.1) is 0 Å². The monoisotopic (exact) mass is 476 g/mol. The largest absolute Gasteiger partial charge is 0.438 e. The lowest BCUT2D eigenvalue weighted by molar-refractivity contribution is 0.0322. The summed E-state index contributed by atoms with van der Waals surface area (Å²) in [5.41, 5.74) is 4.77. The highest BCUT2D eigenvalue weighted by Crippen LogP contribution is 2.35. The highest BCUT2D eigenvalue weighted by molar-refractivity contribution is 5.50. The molecular weight excluding hydrogens is 440 g/mol. The molecule has 2 saturated heterocycles. The second-order valence-corrected chi connectivity index (χ2v) is 10.00. The van der Waals surface area contributed by atoms with E-state index < -0.39 is 0 Å². The van der Waals surface area contributed by atoms with Crippen molar-refractivity contribution >= 4 is 5.95 Å². The zero-order valence-electron chi connectivity index (χ0n) is 21.0. The van der Waals surface area contributed by atoms with Gasteiger partial charge in [0.1, 0.15) is 5.75 Å². The quantitative estimate of drug-likeness (QED) is 0.650. The fourth-order valence-corrected chi connectivity index (χ4v) is 5.41. The van der Waals surface area contributed by atoms with Crippen LogP contribution in [-0.2, 0) is 17.6 Å². The summed E-state index contributed by atoms with van der Waals surface area (Å²) in [4.78, 5) is 14.8. The Balaban J connectivity index is 1.22. The van der Waals surface area contributed by atoms with Crippen molar-refractivity contribution in [1.29, 1.82) is 5.26 Å². The van der Waals surface area contributed by atoms with E-state index in [0.29, 0.717) is 23.4 Å². The summed E-state index contributed by atoms with van der Waals surface area (Å²) >= 11 is 0. The van der Waals surface area contributed by atoms with E-state index in [2.05, 4.69) is 21.2 Å². The lowest BCUT2D eigenvalue weighted by Crippen LogP contribution is -2.45. The predicted molar refractivity (Wildman–Crippen MR) is 135 cm³/mol. The molecular formula is C27H36N6O2. The fourth-order valence-electron chi connectivity index (χ4n) is 5.41. The normalized spacial score (nSPS) is 19.3. The molecule has 0 amide bonds. The summed E-state index contributed by atoms with van der Waals surface area (Å²) in [6.07, 6.45) is 5.17. The van der Waals surface area contributed by atoms with Crippen LogP contribution in [0.15, 0.2) is 12.1 Å². The average molecular weight is 477 g/mol. The Kier molecular flexibility index (Phi) is 7.47. The Hall–Kier alpha value is -2.73. The summed E-state index contributed by atoms with van der Waals surface area (Å²) in [6.45, 7) is 12.3. The Morgan fingerprint density at radius 1 is 1.03 bits per heavy atom. The average Bonchev–Trinajstić information content (AvgIpc) is 3.35.